The van der Waals surface area contributed by atoms with Gasteiger partial charge in [0.05, 0.1) is 17.6 Å². The fraction of sp³-hybridized carbons (Fsp3) is 0.462. The van der Waals surface area contributed by atoms with E-state index in [0.29, 0.717) is 13.2 Å². The number of hydrogen-bond donors (Lipinski definition) is 0. The first-order valence-electron chi connectivity index (χ1n) is 6.23. The van der Waals surface area contributed by atoms with Crippen molar-refractivity contribution in [2.24, 2.45) is 0 Å². The largest absolute Gasteiger partial charge is 0.377 e. The molecule has 0 unspecified atom stereocenters. The van der Waals surface area contributed by atoms with Gasteiger partial charge in [-0.1, -0.05) is 0 Å². The van der Waals surface area contributed by atoms with E-state index in [1.54, 1.807) is 0 Å². The average Bonchev–Trinajstić information content (AvgIpc) is 2.35. The summed E-state index contributed by atoms with van der Waals surface area (Å²) in [7, 11) is 2.59. The van der Waals surface area contributed by atoms with Crippen molar-refractivity contribution < 1.29 is 22.3 Å². The van der Waals surface area contributed by atoms with Crippen molar-refractivity contribution in [3.8, 4) is 0 Å². The highest BCUT2D eigenvalue weighted by atomic mass is 35.7. The summed E-state index contributed by atoms with van der Waals surface area (Å²) < 4.78 is 41.2. The molecule has 0 aromatic heterocycles. The predicted octanol–water partition coefficient (Wildman–Crippen LogP) is 2.25. The highest BCUT2D eigenvalue weighted by molar-refractivity contribution is 8.13. The number of carbonyl (C=O) groups is 1. The van der Waals surface area contributed by atoms with Crippen molar-refractivity contribution in [3.63, 3.8) is 0 Å². The van der Waals surface area contributed by atoms with Gasteiger partial charge in [0.2, 0.25) is 0 Å². The minimum absolute atomic E-state index is 0.0377. The molecule has 0 N–H and O–H groups in total. The van der Waals surface area contributed by atoms with E-state index in [-0.39, 0.29) is 11.7 Å². The summed E-state index contributed by atoms with van der Waals surface area (Å²) in [5.41, 5.74) is -0.0822. The molecule has 0 saturated heterocycles. The van der Waals surface area contributed by atoms with Gasteiger partial charge in [0, 0.05) is 29.8 Å². The van der Waals surface area contributed by atoms with Crippen molar-refractivity contribution in [1.82, 2.24) is 4.90 Å². The lowest BCUT2D eigenvalue weighted by atomic mass is 10.2. The maximum absolute atomic E-state index is 13.4. The summed E-state index contributed by atoms with van der Waals surface area (Å²) in [4.78, 5) is 13.0. The lowest BCUT2D eigenvalue weighted by Gasteiger charge is -2.18. The lowest BCUT2D eigenvalue weighted by Crippen LogP contribution is -2.31. The van der Waals surface area contributed by atoms with Crippen LogP contribution in [0.5, 0.6) is 0 Å². The van der Waals surface area contributed by atoms with E-state index in [9.17, 15) is 17.6 Å². The van der Waals surface area contributed by atoms with E-state index in [1.165, 1.54) is 11.9 Å². The Kier molecular flexibility index (Phi) is 6.12. The molecule has 8 heteroatoms. The lowest BCUT2D eigenvalue weighted by molar-refractivity contribution is 0.0531. The van der Waals surface area contributed by atoms with Crippen LogP contribution in [-0.4, -0.2) is 45.5 Å². The number of ether oxygens (including phenoxy) is 1. The molecule has 0 aliphatic carbocycles. The van der Waals surface area contributed by atoms with Crippen molar-refractivity contribution >= 4 is 25.6 Å². The standard InChI is InChI=1S/C13H17ClFNO4S/c1-9(2)20-5-4-16(3)13(17)10-6-11(15)8-12(7-10)21(14,18)19/h6-9H,4-5H2,1-3H3. The average molecular weight is 338 g/mol. The van der Waals surface area contributed by atoms with Crippen molar-refractivity contribution in [3.05, 3.63) is 29.6 Å². The molecule has 5 nitrogen and oxygen atoms in total. The maximum Gasteiger partial charge on any atom is 0.261 e. The van der Waals surface area contributed by atoms with Gasteiger partial charge in [0.25, 0.3) is 15.0 Å². The summed E-state index contributed by atoms with van der Waals surface area (Å²) in [6.45, 7) is 4.37. The Bertz CT molecular complexity index is 619. The van der Waals surface area contributed by atoms with E-state index in [2.05, 4.69) is 0 Å². The predicted molar refractivity (Wildman–Crippen MR) is 77.5 cm³/mol. The third-order valence-corrected chi connectivity index (χ3v) is 3.96. The van der Waals surface area contributed by atoms with E-state index >= 15 is 0 Å². The number of amides is 1. The van der Waals surface area contributed by atoms with E-state index < -0.39 is 25.7 Å². The molecule has 0 atom stereocenters. The van der Waals surface area contributed by atoms with Gasteiger partial charge in [-0.25, -0.2) is 12.8 Å². The molecule has 0 bridgehead atoms. The first-order valence-corrected chi connectivity index (χ1v) is 8.54. The van der Waals surface area contributed by atoms with Crippen LogP contribution in [0.15, 0.2) is 23.1 Å². The number of halogens is 2. The smallest absolute Gasteiger partial charge is 0.261 e. The Morgan fingerprint density at radius 3 is 2.52 bits per heavy atom. The second-order valence-corrected chi connectivity index (χ2v) is 7.33. The molecule has 21 heavy (non-hydrogen) atoms. The molecule has 0 aliphatic rings. The second kappa shape index (κ2) is 7.20. The van der Waals surface area contributed by atoms with Gasteiger partial charge in [-0.05, 0) is 32.0 Å². The number of hydrogen-bond acceptors (Lipinski definition) is 4. The van der Waals surface area contributed by atoms with Crippen LogP contribution in [0, 0.1) is 5.82 Å². The van der Waals surface area contributed by atoms with Crippen molar-refractivity contribution in [2.75, 3.05) is 20.2 Å². The van der Waals surface area contributed by atoms with E-state index in [4.69, 9.17) is 15.4 Å². The quantitative estimate of drug-likeness (QED) is 0.747. The fourth-order valence-corrected chi connectivity index (χ4v) is 2.36. The summed E-state index contributed by atoms with van der Waals surface area (Å²) >= 11 is 0. The number of likely N-dealkylation sites (N-methyl/N-ethyl adjacent to an activating group) is 1. The normalized spacial score (nSPS) is 11.7. The zero-order valence-corrected chi connectivity index (χ0v) is 13.5. The molecule has 0 radical (unpaired) electrons. The van der Waals surface area contributed by atoms with Crippen molar-refractivity contribution in [2.45, 2.75) is 24.8 Å². The highest BCUT2D eigenvalue weighted by Crippen LogP contribution is 2.19. The van der Waals surface area contributed by atoms with Crippen LogP contribution < -0.4 is 0 Å². The molecule has 1 aromatic carbocycles. The van der Waals surface area contributed by atoms with E-state index in [1.807, 2.05) is 13.8 Å². The molecule has 1 amide bonds. The minimum atomic E-state index is -4.10. The minimum Gasteiger partial charge on any atom is -0.377 e. The Morgan fingerprint density at radius 1 is 1.38 bits per heavy atom. The SMILES string of the molecule is CC(C)OCCN(C)C(=O)c1cc(F)cc(S(=O)(=O)Cl)c1. The first-order chi connectivity index (χ1) is 9.61. The molecule has 1 aromatic rings. The summed E-state index contributed by atoms with van der Waals surface area (Å²) in [5.74, 6) is -1.35. The molecule has 0 aliphatic heterocycles. The number of carbonyl (C=O) groups excluding carboxylic acids is 1. The monoisotopic (exact) mass is 337 g/mol. The summed E-state index contributed by atoms with van der Waals surface area (Å²) in [6, 6.07) is 2.78. The van der Waals surface area contributed by atoms with Gasteiger partial charge >= 0.3 is 0 Å². The first kappa shape index (κ1) is 17.9. The van der Waals surface area contributed by atoms with Gasteiger partial charge in [-0.2, -0.15) is 0 Å². The zero-order chi connectivity index (χ0) is 16.2. The molecular weight excluding hydrogens is 321 g/mol. The second-order valence-electron chi connectivity index (χ2n) is 4.76. The van der Waals surface area contributed by atoms with Gasteiger partial charge < -0.3 is 9.64 Å². The van der Waals surface area contributed by atoms with Crippen LogP contribution in [0.1, 0.15) is 24.2 Å². The molecule has 0 fully saturated rings. The molecular formula is C13H17ClFNO4S. The molecule has 0 spiro atoms. The highest BCUT2D eigenvalue weighted by Gasteiger charge is 2.18. The van der Waals surface area contributed by atoms with Crippen LogP contribution in [-0.2, 0) is 13.8 Å². The molecule has 1 rings (SSSR count). The maximum atomic E-state index is 13.4. The van der Waals surface area contributed by atoms with Gasteiger partial charge in [-0.15, -0.1) is 0 Å². The molecule has 0 heterocycles. The summed E-state index contributed by atoms with van der Waals surface area (Å²) in [5, 5.41) is 0. The van der Waals surface area contributed by atoms with Crippen LogP contribution in [0.2, 0.25) is 0 Å². The van der Waals surface area contributed by atoms with Gasteiger partial charge in [0.1, 0.15) is 5.82 Å². The number of rotatable bonds is 6. The fourth-order valence-electron chi connectivity index (χ4n) is 1.57. The van der Waals surface area contributed by atoms with Gasteiger partial charge in [-0.3, -0.25) is 4.79 Å². The van der Waals surface area contributed by atoms with Crippen LogP contribution in [0.3, 0.4) is 0 Å². The Hall–Kier alpha value is -1.18. The molecule has 0 saturated carbocycles. The topological polar surface area (TPSA) is 63.7 Å². The zero-order valence-electron chi connectivity index (χ0n) is 12.0. The Labute approximate surface area is 128 Å². The van der Waals surface area contributed by atoms with Crippen LogP contribution in [0.4, 0.5) is 4.39 Å². The van der Waals surface area contributed by atoms with Crippen LogP contribution in [0.25, 0.3) is 0 Å². The Morgan fingerprint density at radius 2 is 2.00 bits per heavy atom. The van der Waals surface area contributed by atoms with E-state index in [0.717, 1.165) is 18.2 Å². The van der Waals surface area contributed by atoms with Gasteiger partial charge in [0.15, 0.2) is 0 Å². The van der Waals surface area contributed by atoms with Crippen LogP contribution >= 0.6 is 10.7 Å². The Balaban J connectivity index is 2.89. The molecule has 118 valence electrons. The summed E-state index contributed by atoms with van der Waals surface area (Å²) in [6.07, 6.45) is 0.0377. The van der Waals surface area contributed by atoms with Crippen molar-refractivity contribution in [1.29, 1.82) is 0 Å². The number of benzene rings is 1. The third kappa shape index (κ3) is 5.61. The third-order valence-electron chi connectivity index (χ3n) is 2.62. The number of nitrogens with zero attached hydrogens (tertiary/aromatic N) is 1.